The van der Waals surface area contributed by atoms with Crippen molar-refractivity contribution in [1.29, 1.82) is 0 Å². The van der Waals surface area contributed by atoms with Gasteiger partial charge < -0.3 is 20.4 Å². The molecule has 0 saturated carbocycles. The fourth-order valence-electron chi connectivity index (χ4n) is 1.74. The Bertz CT molecular complexity index is 737. The van der Waals surface area contributed by atoms with Gasteiger partial charge in [-0.05, 0) is 36.4 Å². The Morgan fingerprint density at radius 3 is 0.767 bits per heavy atom. The first-order valence-corrected chi connectivity index (χ1v) is 8.17. The summed E-state index contributed by atoms with van der Waals surface area (Å²) < 4.78 is 0. The van der Waals surface area contributed by atoms with Crippen molar-refractivity contribution in [3.8, 4) is 0 Å². The summed E-state index contributed by atoms with van der Waals surface area (Å²) in [5, 5.41) is 33.4. The molecule has 0 aliphatic carbocycles. The second-order valence-electron chi connectivity index (χ2n) is 5.01. The molecule has 7 nitrogen and oxygen atoms in total. The van der Waals surface area contributed by atoms with Gasteiger partial charge in [-0.1, -0.05) is 54.6 Å². The van der Waals surface area contributed by atoms with Crippen LogP contribution < -0.4 is 5.11 Å². The minimum absolute atomic E-state index is 0. The van der Waals surface area contributed by atoms with E-state index in [1.54, 1.807) is 91.0 Å². The number of carbonyl (C=O) groups is 3. The van der Waals surface area contributed by atoms with E-state index in [2.05, 4.69) is 0 Å². The molecule has 0 amide bonds. The summed E-state index contributed by atoms with van der Waals surface area (Å²) in [5.41, 5.74) is 0.993. The zero-order valence-corrected chi connectivity index (χ0v) is 17.7. The van der Waals surface area contributed by atoms with Gasteiger partial charge in [0.05, 0.1) is 16.7 Å². The SMILES string of the molecule is C[O-].O=C(O)c1ccccc1.O=C(O)c1ccccc1.O=C(O)c1ccccc1.[Ti]. The van der Waals surface area contributed by atoms with Crippen molar-refractivity contribution in [2.75, 3.05) is 7.11 Å². The van der Waals surface area contributed by atoms with Crippen LogP contribution in [0.3, 0.4) is 0 Å². The standard InChI is InChI=1S/3C7H6O2.CH3O.Ti/c3*8-7(9)6-4-2-1-3-5-6;1-2;/h3*1-5H,(H,8,9);1H3;/q;;;-1;. The Morgan fingerprint density at radius 1 is 0.500 bits per heavy atom. The first kappa shape index (κ1) is 28.9. The van der Waals surface area contributed by atoms with Gasteiger partial charge in [-0.2, -0.15) is 7.11 Å². The molecule has 0 saturated heterocycles. The number of benzene rings is 3. The van der Waals surface area contributed by atoms with Crippen molar-refractivity contribution >= 4 is 17.9 Å². The molecule has 0 fully saturated rings. The molecule has 0 spiro atoms. The molecule has 156 valence electrons. The zero-order chi connectivity index (χ0) is 22.1. The molecule has 0 radical (unpaired) electrons. The quantitative estimate of drug-likeness (QED) is 0.527. The molecule has 0 heterocycles. The van der Waals surface area contributed by atoms with Gasteiger partial charge in [0.15, 0.2) is 0 Å². The molecular formula is C22H21O7Ti-. The molecule has 3 aromatic carbocycles. The van der Waals surface area contributed by atoms with Crippen LogP contribution in [0.15, 0.2) is 91.0 Å². The average Bonchev–Trinajstić information content (AvgIpc) is 2.78. The Labute approximate surface area is 189 Å². The van der Waals surface area contributed by atoms with Gasteiger partial charge in [-0.15, -0.1) is 0 Å². The van der Waals surface area contributed by atoms with E-state index in [0.717, 1.165) is 7.11 Å². The maximum Gasteiger partial charge on any atom is 0.335 e. The van der Waals surface area contributed by atoms with E-state index in [1.165, 1.54) is 0 Å². The second kappa shape index (κ2) is 17.8. The van der Waals surface area contributed by atoms with Gasteiger partial charge >= 0.3 is 17.9 Å². The van der Waals surface area contributed by atoms with E-state index in [0.29, 0.717) is 16.7 Å². The Morgan fingerprint density at radius 2 is 0.667 bits per heavy atom. The minimum atomic E-state index is -0.879. The third-order valence-corrected chi connectivity index (χ3v) is 3.06. The van der Waals surface area contributed by atoms with Gasteiger partial charge in [0.2, 0.25) is 0 Å². The number of hydrogen-bond donors (Lipinski definition) is 3. The van der Waals surface area contributed by atoms with Crippen LogP contribution in [-0.4, -0.2) is 40.3 Å². The summed E-state index contributed by atoms with van der Waals surface area (Å²) in [6.07, 6.45) is 0. The van der Waals surface area contributed by atoms with Gasteiger partial charge in [0.1, 0.15) is 0 Å². The van der Waals surface area contributed by atoms with Crippen LogP contribution in [0.25, 0.3) is 0 Å². The Balaban J connectivity index is 0. The molecule has 3 aromatic rings. The monoisotopic (exact) mass is 445 g/mol. The van der Waals surface area contributed by atoms with Crippen LogP contribution in [0.4, 0.5) is 0 Å². The zero-order valence-electron chi connectivity index (χ0n) is 16.1. The van der Waals surface area contributed by atoms with Gasteiger partial charge in [0, 0.05) is 21.7 Å². The molecule has 0 atom stereocenters. The van der Waals surface area contributed by atoms with Crippen LogP contribution in [0.1, 0.15) is 31.1 Å². The van der Waals surface area contributed by atoms with Crippen molar-refractivity contribution in [2.24, 2.45) is 0 Å². The minimum Gasteiger partial charge on any atom is -0.857 e. The van der Waals surface area contributed by atoms with Crippen LogP contribution >= 0.6 is 0 Å². The van der Waals surface area contributed by atoms with E-state index >= 15 is 0 Å². The Hall–Kier alpha value is -3.26. The van der Waals surface area contributed by atoms with Gasteiger partial charge in [-0.25, -0.2) is 14.4 Å². The van der Waals surface area contributed by atoms with E-state index in [4.69, 9.17) is 20.4 Å². The van der Waals surface area contributed by atoms with Crippen LogP contribution in [0.5, 0.6) is 0 Å². The smallest absolute Gasteiger partial charge is 0.335 e. The maximum absolute atomic E-state index is 10.2. The largest absolute Gasteiger partial charge is 0.857 e. The molecule has 3 rings (SSSR count). The van der Waals surface area contributed by atoms with Gasteiger partial charge in [0.25, 0.3) is 0 Å². The number of rotatable bonds is 3. The fraction of sp³-hybridized carbons (Fsp3) is 0.0455. The summed E-state index contributed by atoms with van der Waals surface area (Å²) in [4.78, 5) is 30.6. The summed E-state index contributed by atoms with van der Waals surface area (Å²) in [6, 6.07) is 24.9. The first-order chi connectivity index (χ1) is 13.9. The summed E-state index contributed by atoms with van der Waals surface area (Å²) in [5.74, 6) is -2.64. The Kier molecular flexibility index (Phi) is 17.2. The van der Waals surface area contributed by atoms with Crippen molar-refractivity contribution in [1.82, 2.24) is 0 Å². The third-order valence-electron chi connectivity index (χ3n) is 3.06. The van der Waals surface area contributed by atoms with Crippen LogP contribution in [0, 0.1) is 0 Å². The number of carboxylic acids is 3. The summed E-state index contributed by atoms with van der Waals surface area (Å²) in [7, 11) is 0.750. The molecular weight excluding hydrogens is 424 g/mol. The summed E-state index contributed by atoms with van der Waals surface area (Å²) in [6.45, 7) is 0. The summed E-state index contributed by atoms with van der Waals surface area (Å²) >= 11 is 0. The third kappa shape index (κ3) is 13.0. The van der Waals surface area contributed by atoms with Crippen molar-refractivity contribution in [3.63, 3.8) is 0 Å². The number of carboxylic acid groups (broad SMARTS) is 3. The van der Waals surface area contributed by atoms with Crippen molar-refractivity contribution in [3.05, 3.63) is 108 Å². The molecule has 8 heteroatoms. The molecule has 0 aromatic heterocycles. The molecule has 0 aliphatic rings. The first-order valence-electron chi connectivity index (χ1n) is 8.17. The topological polar surface area (TPSA) is 135 Å². The average molecular weight is 445 g/mol. The van der Waals surface area contributed by atoms with Crippen molar-refractivity contribution in [2.45, 2.75) is 0 Å². The molecule has 0 aliphatic heterocycles. The van der Waals surface area contributed by atoms with Gasteiger partial charge in [-0.3, -0.25) is 0 Å². The fourth-order valence-corrected chi connectivity index (χ4v) is 1.74. The molecule has 3 N–H and O–H groups in total. The number of aromatic carboxylic acids is 3. The molecule has 30 heavy (non-hydrogen) atoms. The predicted molar refractivity (Wildman–Crippen MR) is 106 cm³/mol. The predicted octanol–water partition coefficient (Wildman–Crippen LogP) is 3.13. The van der Waals surface area contributed by atoms with E-state index in [1.807, 2.05) is 0 Å². The normalized spacial score (nSPS) is 8.20. The van der Waals surface area contributed by atoms with E-state index in [-0.39, 0.29) is 21.7 Å². The van der Waals surface area contributed by atoms with E-state index < -0.39 is 17.9 Å². The van der Waals surface area contributed by atoms with Crippen LogP contribution in [-0.2, 0) is 21.7 Å². The van der Waals surface area contributed by atoms with Crippen molar-refractivity contribution < 1.29 is 56.5 Å². The molecule has 0 bridgehead atoms. The second-order valence-corrected chi connectivity index (χ2v) is 5.01. The van der Waals surface area contributed by atoms with E-state index in [9.17, 15) is 14.4 Å². The molecule has 0 unspecified atom stereocenters. The van der Waals surface area contributed by atoms with Crippen LogP contribution in [0.2, 0.25) is 0 Å². The number of hydrogen-bond acceptors (Lipinski definition) is 4. The maximum atomic E-state index is 10.2.